The van der Waals surface area contributed by atoms with Crippen LogP contribution in [0.4, 0.5) is 5.95 Å². The van der Waals surface area contributed by atoms with E-state index in [1.165, 1.54) is 0 Å². The Morgan fingerprint density at radius 3 is 2.88 bits per heavy atom. The third-order valence-electron chi connectivity index (χ3n) is 3.20. The Labute approximate surface area is 102 Å². The van der Waals surface area contributed by atoms with E-state index in [9.17, 15) is 0 Å². The predicted molar refractivity (Wildman–Crippen MR) is 65.1 cm³/mol. The lowest BCUT2D eigenvalue weighted by Crippen LogP contribution is -2.44. The van der Waals surface area contributed by atoms with Crippen molar-refractivity contribution in [1.29, 1.82) is 0 Å². The molecule has 0 atom stereocenters. The van der Waals surface area contributed by atoms with Crippen LogP contribution in [0.2, 0.25) is 0 Å². The number of aryl methyl sites for hydroxylation is 1. The standard InChI is InChI=1S/C12H19N3O2/c1-10-3-6-13-11(15-10)14-9-12(16-2)4-7-17-8-5-12/h3,6H,4-5,7-9H2,1-2H3,(H,13,14,15). The van der Waals surface area contributed by atoms with E-state index in [-0.39, 0.29) is 5.60 Å². The molecule has 1 aliphatic rings. The van der Waals surface area contributed by atoms with E-state index < -0.39 is 0 Å². The quantitative estimate of drug-likeness (QED) is 0.857. The maximum atomic E-state index is 5.63. The van der Waals surface area contributed by atoms with Crippen molar-refractivity contribution in [3.63, 3.8) is 0 Å². The van der Waals surface area contributed by atoms with E-state index in [4.69, 9.17) is 9.47 Å². The molecular formula is C12H19N3O2. The number of anilines is 1. The number of nitrogens with zero attached hydrogens (tertiary/aromatic N) is 2. The molecule has 1 fully saturated rings. The summed E-state index contributed by atoms with van der Waals surface area (Å²) >= 11 is 0. The molecule has 1 aromatic heterocycles. The second-order valence-electron chi connectivity index (χ2n) is 4.37. The monoisotopic (exact) mass is 237 g/mol. The van der Waals surface area contributed by atoms with E-state index in [2.05, 4.69) is 15.3 Å². The molecule has 1 N–H and O–H groups in total. The number of methoxy groups -OCH3 is 1. The van der Waals surface area contributed by atoms with Crippen molar-refractivity contribution in [2.24, 2.45) is 0 Å². The molecule has 1 saturated heterocycles. The first kappa shape index (κ1) is 12.3. The first-order chi connectivity index (χ1) is 8.24. The van der Waals surface area contributed by atoms with Gasteiger partial charge in [-0.3, -0.25) is 0 Å². The van der Waals surface area contributed by atoms with Gasteiger partial charge in [0.25, 0.3) is 0 Å². The Balaban J connectivity index is 1.95. The van der Waals surface area contributed by atoms with Crippen molar-refractivity contribution in [2.45, 2.75) is 25.4 Å². The zero-order chi connectivity index (χ0) is 12.1. The molecule has 0 aromatic carbocycles. The van der Waals surface area contributed by atoms with E-state index in [0.717, 1.165) is 38.3 Å². The summed E-state index contributed by atoms with van der Waals surface area (Å²) in [6.45, 7) is 4.18. The fourth-order valence-electron chi connectivity index (χ4n) is 1.97. The van der Waals surface area contributed by atoms with Gasteiger partial charge in [-0.2, -0.15) is 0 Å². The van der Waals surface area contributed by atoms with Crippen molar-refractivity contribution in [1.82, 2.24) is 9.97 Å². The predicted octanol–water partition coefficient (Wildman–Crippen LogP) is 1.39. The van der Waals surface area contributed by atoms with Gasteiger partial charge in [0, 0.05) is 51.6 Å². The van der Waals surface area contributed by atoms with Crippen molar-refractivity contribution in [3.8, 4) is 0 Å². The van der Waals surface area contributed by atoms with E-state index in [0.29, 0.717) is 5.95 Å². The van der Waals surface area contributed by atoms with Crippen LogP contribution in [0.3, 0.4) is 0 Å². The lowest BCUT2D eigenvalue weighted by molar-refractivity contribution is -0.0807. The zero-order valence-electron chi connectivity index (χ0n) is 10.4. The number of hydrogen-bond acceptors (Lipinski definition) is 5. The minimum atomic E-state index is -0.147. The van der Waals surface area contributed by atoms with E-state index in [1.807, 2.05) is 13.0 Å². The van der Waals surface area contributed by atoms with Gasteiger partial charge in [0.05, 0.1) is 5.60 Å². The summed E-state index contributed by atoms with van der Waals surface area (Å²) in [5.74, 6) is 0.660. The molecule has 94 valence electrons. The minimum Gasteiger partial charge on any atom is -0.381 e. The Morgan fingerprint density at radius 1 is 1.47 bits per heavy atom. The SMILES string of the molecule is COC1(CNc2nccc(C)n2)CCOCC1. The Hall–Kier alpha value is -1.20. The first-order valence-corrected chi connectivity index (χ1v) is 5.90. The molecule has 1 aromatic rings. The molecule has 2 rings (SSSR count). The highest BCUT2D eigenvalue weighted by molar-refractivity contribution is 5.25. The van der Waals surface area contributed by atoms with Gasteiger partial charge in [-0.05, 0) is 13.0 Å². The molecule has 0 radical (unpaired) electrons. The van der Waals surface area contributed by atoms with Gasteiger partial charge in [-0.15, -0.1) is 0 Å². The maximum Gasteiger partial charge on any atom is 0.222 e. The average molecular weight is 237 g/mol. The summed E-state index contributed by atoms with van der Waals surface area (Å²) in [7, 11) is 1.75. The lowest BCUT2D eigenvalue weighted by atomic mass is 9.94. The molecular weight excluding hydrogens is 218 g/mol. The van der Waals surface area contributed by atoms with Gasteiger partial charge in [0.2, 0.25) is 5.95 Å². The highest BCUT2D eigenvalue weighted by Crippen LogP contribution is 2.24. The van der Waals surface area contributed by atoms with Gasteiger partial charge in [0.15, 0.2) is 0 Å². The van der Waals surface area contributed by atoms with Crippen molar-refractivity contribution in [2.75, 3.05) is 32.2 Å². The number of aromatic nitrogens is 2. The molecule has 0 amide bonds. The molecule has 5 nitrogen and oxygen atoms in total. The van der Waals surface area contributed by atoms with Crippen molar-refractivity contribution >= 4 is 5.95 Å². The van der Waals surface area contributed by atoms with E-state index in [1.54, 1.807) is 13.3 Å². The van der Waals surface area contributed by atoms with Crippen LogP contribution in [0.25, 0.3) is 0 Å². The highest BCUT2D eigenvalue weighted by atomic mass is 16.5. The van der Waals surface area contributed by atoms with Gasteiger partial charge >= 0.3 is 0 Å². The second-order valence-corrected chi connectivity index (χ2v) is 4.37. The first-order valence-electron chi connectivity index (χ1n) is 5.90. The van der Waals surface area contributed by atoms with Crippen LogP contribution in [0.5, 0.6) is 0 Å². The summed E-state index contributed by atoms with van der Waals surface area (Å²) in [6, 6.07) is 1.88. The fourth-order valence-corrected chi connectivity index (χ4v) is 1.97. The molecule has 0 bridgehead atoms. The molecule has 0 unspecified atom stereocenters. The average Bonchev–Trinajstić information content (AvgIpc) is 2.38. The van der Waals surface area contributed by atoms with Gasteiger partial charge in [-0.25, -0.2) is 9.97 Å². The van der Waals surface area contributed by atoms with Crippen LogP contribution in [0, 0.1) is 6.92 Å². The third kappa shape index (κ3) is 3.14. The Bertz CT molecular complexity index is 365. The minimum absolute atomic E-state index is 0.147. The molecule has 0 spiro atoms. The third-order valence-corrected chi connectivity index (χ3v) is 3.20. The van der Waals surface area contributed by atoms with Crippen LogP contribution in [0.15, 0.2) is 12.3 Å². The molecule has 5 heteroatoms. The number of rotatable bonds is 4. The Morgan fingerprint density at radius 2 is 2.24 bits per heavy atom. The summed E-state index contributed by atoms with van der Waals surface area (Å²) in [5, 5.41) is 3.24. The van der Waals surface area contributed by atoms with Crippen molar-refractivity contribution < 1.29 is 9.47 Å². The molecule has 17 heavy (non-hydrogen) atoms. The fraction of sp³-hybridized carbons (Fsp3) is 0.667. The summed E-state index contributed by atoms with van der Waals surface area (Å²) in [5.41, 5.74) is 0.812. The van der Waals surface area contributed by atoms with Crippen LogP contribution in [0.1, 0.15) is 18.5 Å². The van der Waals surface area contributed by atoms with Gasteiger partial charge in [0.1, 0.15) is 0 Å². The normalized spacial score (nSPS) is 18.9. The van der Waals surface area contributed by atoms with Crippen LogP contribution < -0.4 is 5.32 Å². The van der Waals surface area contributed by atoms with Crippen molar-refractivity contribution in [3.05, 3.63) is 18.0 Å². The highest BCUT2D eigenvalue weighted by Gasteiger charge is 2.32. The molecule has 0 saturated carbocycles. The molecule has 0 aliphatic carbocycles. The molecule has 2 heterocycles. The maximum absolute atomic E-state index is 5.63. The topological polar surface area (TPSA) is 56.3 Å². The summed E-state index contributed by atoms with van der Waals surface area (Å²) in [6.07, 6.45) is 3.57. The Kier molecular flexibility index (Phi) is 3.91. The van der Waals surface area contributed by atoms with E-state index >= 15 is 0 Å². The largest absolute Gasteiger partial charge is 0.381 e. The summed E-state index contributed by atoms with van der Waals surface area (Å²) < 4.78 is 11.0. The van der Waals surface area contributed by atoms with Crippen LogP contribution in [-0.4, -0.2) is 42.4 Å². The van der Waals surface area contributed by atoms with Gasteiger partial charge < -0.3 is 14.8 Å². The van der Waals surface area contributed by atoms with Gasteiger partial charge in [-0.1, -0.05) is 0 Å². The number of nitrogens with one attached hydrogen (secondary N) is 1. The smallest absolute Gasteiger partial charge is 0.222 e. The van der Waals surface area contributed by atoms with Crippen LogP contribution in [-0.2, 0) is 9.47 Å². The van der Waals surface area contributed by atoms with Crippen LogP contribution >= 0.6 is 0 Å². The summed E-state index contributed by atoms with van der Waals surface area (Å²) in [4.78, 5) is 8.49. The molecule has 1 aliphatic heterocycles. The zero-order valence-corrected chi connectivity index (χ0v) is 10.4. The second kappa shape index (κ2) is 5.42. The number of ether oxygens (including phenoxy) is 2. The number of hydrogen-bond donors (Lipinski definition) is 1. The lowest BCUT2D eigenvalue weighted by Gasteiger charge is -2.35.